The number of anilines is 3. The second-order valence-corrected chi connectivity index (χ2v) is 6.95. The molecule has 8 nitrogen and oxygen atoms in total. The zero-order valence-electron chi connectivity index (χ0n) is 17.9. The van der Waals surface area contributed by atoms with Crippen molar-refractivity contribution >= 4 is 34.8 Å². The largest absolute Gasteiger partial charge is 0.497 e. The summed E-state index contributed by atoms with van der Waals surface area (Å²) in [4.78, 5) is 43.0. The Morgan fingerprint density at radius 1 is 0.938 bits per heavy atom. The number of carbonyl (C=O) groups excluding carboxylic acids is 3. The summed E-state index contributed by atoms with van der Waals surface area (Å²) in [7, 11) is 3.13. The Kier molecular flexibility index (Phi) is 7.53. The van der Waals surface area contributed by atoms with Crippen LogP contribution in [0.2, 0.25) is 0 Å². The van der Waals surface area contributed by atoms with Gasteiger partial charge in [-0.25, -0.2) is 0 Å². The van der Waals surface area contributed by atoms with E-state index < -0.39 is 0 Å². The second-order valence-electron chi connectivity index (χ2n) is 6.95. The van der Waals surface area contributed by atoms with E-state index in [1.165, 1.54) is 11.1 Å². The molecule has 0 unspecified atom stereocenters. The monoisotopic (exact) mass is 432 g/mol. The molecule has 2 N–H and O–H groups in total. The smallest absolute Gasteiger partial charge is 0.257 e. The third-order valence-electron chi connectivity index (χ3n) is 4.72. The van der Waals surface area contributed by atoms with Crippen LogP contribution in [0.1, 0.15) is 23.2 Å². The standard InChI is InChI=1S/C24H24N4O4/c1-28(23(30)13-12-22(29)26-18-8-6-14-25-16-18)21-11-4-3-10-20(21)24(31)27-17-7-5-9-19(15-17)32-2/h3-11,14-16H,12-13H2,1-2H3,(H,26,29)(H,27,31). The number of ether oxygens (including phenoxy) is 1. The lowest BCUT2D eigenvalue weighted by molar-refractivity contribution is -0.122. The average molecular weight is 432 g/mol. The molecule has 32 heavy (non-hydrogen) atoms. The van der Waals surface area contributed by atoms with E-state index in [-0.39, 0.29) is 30.6 Å². The molecule has 164 valence electrons. The lowest BCUT2D eigenvalue weighted by atomic mass is 10.1. The number of rotatable bonds is 8. The molecule has 0 atom stereocenters. The molecule has 0 aliphatic rings. The van der Waals surface area contributed by atoms with Crippen molar-refractivity contribution in [2.24, 2.45) is 0 Å². The van der Waals surface area contributed by atoms with Crippen LogP contribution in [0.3, 0.4) is 0 Å². The lowest BCUT2D eigenvalue weighted by Crippen LogP contribution is -2.29. The fraction of sp³-hybridized carbons (Fsp3) is 0.167. The fourth-order valence-electron chi connectivity index (χ4n) is 3.04. The molecule has 3 aromatic rings. The van der Waals surface area contributed by atoms with Crippen molar-refractivity contribution in [1.82, 2.24) is 4.98 Å². The van der Waals surface area contributed by atoms with Gasteiger partial charge in [-0.2, -0.15) is 0 Å². The number of hydrogen-bond acceptors (Lipinski definition) is 5. The maximum absolute atomic E-state index is 12.9. The summed E-state index contributed by atoms with van der Waals surface area (Å²) < 4.78 is 5.18. The molecule has 0 saturated carbocycles. The number of nitrogens with zero attached hydrogens (tertiary/aromatic N) is 2. The number of nitrogens with one attached hydrogen (secondary N) is 2. The molecule has 0 bridgehead atoms. The van der Waals surface area contributed by atoms with Crippen molar-refractivity contribution in [3.05, 3.63) is 78.6 Å². The van der Waals surface area contributed by atoms with Crippen LogP contribution >= 0.6 is 0 Å². The van der Waals surface area contributed by atoms with Crippen LogP contribution in [0, 0.1) is 0 Å². The minimum atomic E-state index is -0.358. The highest BCUT2D eigenvalue weighted by molar-refractivity contribution is 6.10. The van der Waals surface area contributed by atoms with Crippen molar-refractivity contribution in [2.75, 3.05) is 29.7 Å². The first-order valence-electron chi connectivity index (χ1n) is 9.99. The van der Waals surface area contributed by atoms with Gasteiger partial charge in [0.2, 0.25) is 11.8 Å². The molecule has 2 aromatic carbocycles. The third-order valence-corrected chi connectivity index (χ3v) is 4.72. The molecule has 0 spiro atoms. The maximum atomic E-state index is 12.9. The first-order valence-corrected chi connectivity index (χ1v) is 9.99. The second kappa shape index (κ2) is 10.7. The quantitative estimate of drug-likeness (QED) is 0.565. The Morgan fingerprint density at radius 2 is 1.72 bits per heavy atom. The Bertz CT molecular complexity index is 1100. The summed E-state index contributed by atoms with van der Waals surface area (Å²) in [6, 6.07) is 17.2. The van der Waals surface area contributed by atoms with E-state index in [1.54, 1.807) is 81.0 Å². The lowest BCUT2D eigenvalue weighted by Gasteiger charge is -2.20. The van der Waals surface area contributed by atoms with Gasteiger partial charge in [-0.15, -0.1) is 0 Å². The third kappa shape index (κ3) is 5.91. The van der Waals surface area contributed by atoms with E-state index in [0.29, 0.717) is 28.4 Å². The summed E-state index contributed by atoms with van der Waals surface area (Å²) in [5.74, 6) is -0.312. The molecular weight excluding hydrogens is 408 g/mol. The van der Waals surface area contributed by atoms with E-state index in [4.69, 9.17) is 4.74 Å². The number of hydrogen-bond donors (Lipinski definition) is 2. The Hall–Kier alpha value is -4.20. The number of para-hydroxylation sites is 1. The molecule has 8 heteroatoms. The number of aromatic nitrogens is 1. The highest BCUT2D eigenvalue weighted by Gasteiger charge is 2.19. The summed E-state index contributed by atoms with van der Waals surface area (Å²) in [6.45, 7) is 0. The molecule has 1 heterocycles. The highest BCUT2D eigenvalue weighted by Crippen LogP contribution is 2.23. The number of carbonyl (C=O) groups is 3. The normalized spacial score (nSPS) is 10.2. The molecule has 3 rings (SSSR count). The summed E-state index contributed by atoms with van der Waals surface area (Å²) in [5, 5.41) is 5.51. The van der Waals surface area contributed by atoms with Crippen LogP contribution in [0.4, 0.5) is 17.1 Å². The van der Waals surface area contributed by atoms with Gasteiger partial charge < -0.3 is 20.3 Å². The van der Waals surface area contributed by atoms with E-state index in [1.807, 2.05) is 0 Å². The fourth-order valence-corrected chi connectivity index (χ4v) is 3.04. The van der Waals surface area contributed by atoms with Crippen molar-refractivity contribution in [1.29, 1.82) is 0 Å². The minimum absolute atomic E-state index is 0.00552. The summed E-state index contributed by atoms with van der Waals surface area (Å²) >= 11 is 0. The predicted molar refractivity (Wildman–Crippen MR) is 123 cm³/mol. The average Bonchev–Trinajstić information content (AvgIpc) is 2.82. The van der Waals surface area contributed by atoms with Gasteiger partial charge in [0.25, 0.3) is 5.91 Å². The van der Waals surface area contributed by atoms with Crippen LogP contribution in [0.15, 0.2) is 73.1 Å². The number of methoxy groups -OCH3 is 1. The van der Waals surface area contributed by atoms with E-state index in [2.05, 4.69) is 15.6 Å². The van der Waals surface area contributed by atoms with E-state index in [9.17, 15) is 14.4 Å². The van der Waals surface area contributed by atoms with E-state index >= 15 is 0 Å². The van der Waals surface area contributed by atoms with Gasteiger partial charge in [-0.05, 0) is 36.4 Å². The molecule has 1 aromatic heterocycles. The van der Waals surface area contributed by atoms with Crippen LogP contribution in [0.25, 0.3) is 0 Å². The Morgan fingerprint density at radius 3 is 2.47 bits per heavy atom. The molecule has 0 radical (unpaired) electrons. The summed E-state index contributed by atoms with van der Waals surface area (Å²) in [5.41, 5.74) is 1.93. The molecule has 0 aliphatic carbocycles. The minimum Gasteiger partial charge on any atom is -0.497 e. The summed E-state index contributed by atoms with van der Waals surface area (Å²) in [6.07, 6.45) is 3.14. The van der Waals surface area contributed by atoms with Gasteiger partial charge in [-0.3, -0.25) is 19.4 Å². The zero-order chi connectivity index (χ0) is 22.9. The van der Waals surface area contributed by atoms with Crippen LogP contribution < -0.4 is 20.3 Å². The Balaban J connectivity index is 1.64. The topological polar surface area (TPSA) is 101 Å². The van der Waals surface area contributed by atoms with Crippen LogP contribution in [-0.2, 0) is 9.59 Å². The van der Waals surface area contributed by atoms with Crippen LogP contribution in [-0.4, -0.2) is 36.9 Å². The SMILES string of the molecule is COc1cccc(NC(=O)c2ccccc2N(C)C(=O)CCC(=O)Nc2cccnc2)c1. The maximum Gasteiger partial charge on any atom is 0.257 e. The van der Waals surface area contributed by atoms with Crippen molar-refractivity contribution in [3.8, 4) is 5.75 Å². The van der Waals surface area contributed by atoms with Crippen molar-refractivity contribution in [3.63, 3.8) is 0 Å². The van der Waals surface area contributed by atoms with Crippen molar-refractivity contribution < 1.29 is 19.1 Å². The predicted octanol–water partition coefficient (Wildman–Crippen LogP) is 3.72. The number of pyridine rings is 1. The van der Waals surface area contributed by atoms with Gasteiger partial charge in [0.05, 0.1) is 30.2 Å². The van der Waals surface area contributed by atoms with Gasteiger partial charge in [0.15, 0.2) is 0 Å². The van der Waals surface area contributed by atoms with Crippen molar-refractivity contribution in [2.45, 2.75) is 12.8 Å². The van der Waals surface area contributed by atoms with E-state index in [0.717, 1.165) is 0 Å². The highest BCUT2D eigenvalue weighted by atomic mass is 16.5. The molecule has 3 amide bonds. The molecule has 0 saturated heterocycles. The molecular formula is C24H24N4O4. The van der Waals surface area contributed by atoms with Gasteiger partial charge in [0, 0.05) is 37.8 Å². The first kappa shape index (κ1) is 22.5. The van der Waals surface area contributed by atoms with Gasteiger partial charge >= 0.3 is 0 Å². The number of benzene rings is 2. The number of amides is 3. The van der Waals surface area contributed by atoms with Gasteiger partial charge in [-0.1, -0.05) is 18.2 Å². The molecule has 0 fully saturated rings. The van der Waals surface area contributed by atoms with Gasteiger partial charge in [0.1, 0.15) is 5.75 Å². The molecule has 0 aliphatic heterocycles. The zero-order valence-corrected chi connectivity index (χ0v) is 17.9. The Labute approximate surface area is 186 Å². The van der Waals surface area contributed by atoms with Crippen LogP contribution in [0.5, 0.6) is 5.75 Å². The first-order chi connectivity index (χ1) is 15.5.